The molecule has 0 heterocycles. The predicted molar refractivity (Wildman–Crippen MR) is 78.9 cm³/mol. The molecule has 0 saturated carbocycles. The van der Waals surface area contributed by atoms with Crippen LogP contribution < -0.4 is 11.1 Å². The second kappa shape index (κ2) is 6.37. The number of hydrogen-bond donors (Lipinski definition) is 2. The van der Waals surface area contributed by atoms with Crippen molar-refractivity contribution in [1.82, 2.24) is 0 Å². The molecule has 4 nitrogen and oxygen atoms in total. The first kappa shape index (κ1) is 15.0. The van der Waals surface area contributed by atoms with Gasteiger partial charge in [0.2, 0.25) is 0 Å². The minimum Gasteiger partial charge on any atom is -0.366 e. The number of rotatable bonds is 4. The molecule has 0 bridgehead atoms. The third-order valence-electron chi connectivity index (χ3n) is 2.83. The number of benzene rings is 2. The van der Waals surface area contributed by atoms with E-state index < -0.39 is 11.7 Å². The van der Waals surface area contributed by atoms with Gasteiger partial charge in [0.25, 0.3) is 11.8 Å². The van der Waals surface area contributed by atoms with E-state index in [2.05, 4.69) is 5.32 Å². The van der Waals surface area contributed by atoms with Crippen molar-refractivity contribution in [2.24, 2.45) is 5.73 Å². The fraction of sp³-hybridized carbons (Fsp3) is 0.0667. The quantitative estimate of drug-likeness (QED) is 0.852. The lowest BCUT2D eigenvalue weighted by Gasteiger charge is -2.08. The molecule has 0 saturated heterocycles. The summed E-state index contributed by atoms with van der Waals surface area (Å²) in [6.45, 7) is 0. The Labute approximate surface area is 125 Å². The molecule has 2 aromatic carbocycles. The van der Waals surface area contributed by atoms with Crippen molar-refractivity contribution >= 4 is 29.1 Å². The molecule has 0 fully saturated rings. The number of alkyl halides is 1. The summed E-state index contributed by atoms with van der Waals surface area (Å²) in [5, 5.41) is 2.58. The van der Waals surface area contributed by atoms with Crippen molar-refractivity contribution in [3.63, 3.8) is 0 Å². The first-order chi connectivity index (χ1) is 10.0. The van der Waals surface area contributed by atoms with E-state index in [0.717, 1.165) is 11.6 Å². The van der Waals surface area contributed by atoms with Crippen LogP contribution in [0.4, 0.5) is 10.1 Å². The molecule has 21 heavy (non-hydrogen) atoms. The van der Waals surface area contributed by atoms with E-state index in [1.165, 1.54) is 12.1 Å². The van der Waals surface area contributed by atoms with Gasteiger partial charge in [-0.2, -0.15) is 0 Å². The third-order valence-corrected chi connectivity index (χ3v) is 3.14. The van der Waals surface area contributed by atoms with Gasteiger partial charge in [0, 0.05) is 17.1 Å². The topological polar surface area (TPSA) is 72.2 Å². The number of halogens is 2. The van der Waals surface area contributed by atoms with E-state index in [9.17, 15) is 14.0 Å². The highest BCUT2D eigenvalue weighted by molar-refractivity contribution is 6.17. The van der Waals surface area contributed by atoms with E-state index in [0.29, 0.717) is 11.4 Å². The van der Waals surface area contributed by atoms with Crippen LogP contribution in [0.5, 0.6) is 0 Å². The van der Waals surface area contributed by atoms with Gasteiger partial charge in [-0.1, -0.05) is 12.1 Å². The Morgan fingerprint density at radius 1 is 1.19 bits per heavy atom. The van der Waals surface area contributed by atoms with Gasteiger partial charge in [-0.3, -0.25) is 9.59 Å². The lowest BCUT2D eigenvalue weighted by atomic mass is 10.1. The highest BCUT2D eigenvalue weighted by Crippen LogP contribution is 2.16. The lowest BCUT2D eigenvalue weighted by molar-refractivity contribution is 0.0992. The summed E-state index contributed by atoms with van der Waals surface area (Å²) in [6, 6.07) is 10.4. The van der Waals surface area contributed by atoms with Crippen LogP contribution >= 0.6 is 11.6 Å². The van der Waals surface area contributed by atoms with Gasteiger partial charge in [-0.05, 0) is 35.9 Å². The first-order valence-electron chi connectivity index (χ1n) is 6.07. The highest BCUT2D eigenvalue weighted by Gasteiger charge is 2.11. The fourth-order valence-corrected chi connectivity index (χ4v) is 1.96. The molecule has 6 heteroatoms. The Morgan fingerprint density at radius 3 is 2.62 bits per heavy atom. The van der Waals surface area contributed by atoms with Crippen LogP contribution in [0.2, 0.25) is 0 Å². The van der Waals surface area contributed by atoms with Gasteiger partial charge in [-0.25, -0.2) is 4.39 Å². The molecule has 0 atom stereocenters. The molecule has 0 unspecified atom stereocenters. The number of carbonyl (C=O) groups excluding carboxylic acids is 2. The summed E-state index contributed by atoms with van der Waals surface area (Å²) in [4.78, 5) is 23.2. The van der Waals surface area contributed by atoms with Crippen LogP contribution in [0.3, 0.4) is 0 Å². The fourth-order valence-electron chi connectivity index (χ4n) is 1.79. The molecule has 2 amide bonds. The van der Waals surface area contributed by atoms with Crippen LogP contribution in [0, 0.1) is 5.82 Å². The van der Waals surface area contributed by atoms with E-state index in [1.807, 2.05) is 0 Å². The summed E-state index contributed by atoms with van der Waals surface area (Å²) in [5.74, 6) is -1.72. The molecule has 0 spiro atoms. The summed E-state index contributed by atoms with van der Waals surface area (Å²) in [7, 11) is 0. The van der Waals surface area contributed by atoms with Crippen molar-refractivity contribution in [3.8, 4) is 0 Å². The normalized spacial score (nSPS) is 10.2. The Hall–Kier alpha value is -2.40. The molecule has 0 aromatic heterocycles. The number of amides is 2. The van der Waals surface area contributed by atoms with Crippen LogP contribution in [-0.2, 0) is 5.88 Å². The van der Waals surface area contributed by atoms with Crippen molar-refractivity contribution in [2.75, 3.05) is 5.32 Å². The molecule has 0 aliphatic rings. The Kier molecular flexibility index (Phi) is 4.55. The van der Waals surface area contributed by atoms with Gasteiger partial charge in [0.1, 0.15) is 5.82 Å². The third kappa shape index (κ3) is 3.58. The highest BCUT2D eigenvalue weighted by atomic mass is 35.5. The summed E-state index contributed by atoms with van der Waals surface area (Å²) < 4.78 is 13.4. The summed E-state index contributed by atoms with van der Waals surface area (Å²) in [6.07, 6.45) is 0. The van der Waals surface area contributed by atoms with Crippen molar-refractivity contribution in [2.45, 2.75) is 5.88 Å². The largest absolute Gasteiger partial charge is 0.366 e. The zero-order valence-corrected chi connectivity index (χ0v) is 11.7. The Morgan fingerprint density at radius 2 is 1.95 bits per heavy atom. The number of primary amides is 1. The van der Waals surface area contributed by atoms with Crippen molar-refractivity contribution < 1.29 is 14.0 Å². The number of hydrogen-bond acceptors (Lipinski definition) is 2. The SMILES string of the molecule is NC(=O)c1cc(NC(=O)c2cccc(CCl)c2)ccc1F. The number of anilines is 1. The summed E-state index contributed by atoms with van der Waals surface area (Å²) in [5.41, 5.74) is 6.29. The number of nitrogens with two attached hydrogens (primary N) is 1. The minimum absolute atomic E-state index is 0.276. The molecular weight excluding hydrogens is 295 g/mol. The minimum atomic E-state index is -0.896. The summed E-state index contributed by atoms with van der Waals surface area (Å²) >= 11 is 5.71. The van der Waals surface area contributed by atoms with Crippen LogP contribution in [0.25, 0.3) is 0 Å². The molecule has 3 N–H and O–H groups in total. The van der Waals surface area contributed by atoms with E-state index in [4.69, 9.17) is 17.3 Å². The Bertz CT molecular complexity index is 704. The predicted octanol–water partition coefficient (Wildman–Crippen LogP) is 2.92. The van der Waals surface area contributed by atoms with Crippen LogP contribution in [-0.4, -0.2) is 11.8 Å². The van der Waals surface area contributed by atoms with Crippen molar-refractivity contribution in [3.05, 3.63) is 65.0 Å². The standard InChI is InChI=1S/C15H12ClFN2O2/c16-8-9-2-1-3-10(6-9)15(21)19-11-4-5-13(17)12(7-11)14(18)20/h1-7H,8H2,(H2,18,20)(H,19,21). The van der Waals surface area contributed by atoms with Gasteiger partial charge >= 0.3 is 0 Å². The maximum Gasteiger partial charge on any atom is 0.255 e. The van der Waals surface area contributed by atoms with E-state index in [-0.39, 0.29) is 17.2 Å². The van der Waals surface area contributed by atoms with Gasteiger partial charge < -0.3 is 11.1 Å². The maximum absolute atomic E-state index is 13.4. The van der Waals surface area contributed by atoms with Gasteiger partial charge in [0.05, 0.1) is 5.56 Å². The average Bonchev–Trinajstić information content (AvgIpc) is 2.49. The zero-order chi connectivity index (χ0) is 15.4. The monoisotopic (exact) mass is 306 g/mol. The second-order valence-electron chi connectivity index (χ2n) is 4.35. The van der Waals surface area contributed by atoms with E-state index >= 15 is 0 Å². The molecule has 108 valence electrons. The van der Waals surface area contributed by atoms with Crippen LogP contribution in [0.15, 0.2) is 42.5 Å². The molecule has 0 aliphatic heterocycles. The van der Waals surface area contributed by atoms with Crippen LogP contribution in [0.1, 0.15) is 26.3 Å². The van der Waals surface area contributed by atoms with Crippen molar-refractivity contribution in [1.29, 1.82) is 0 Å². The number of carbonyl (C=O) groups is 2. The molecule has 0 radical (unpaired) electrons. The van der Waals surface area contributed by atoms with Gasteiger partial charge in [-0.15, -0.1) is 11.6 Å². The second-order valence-corrected chi connectivity index (χ2v) is 4.61. The maximum atomic E-state index is 13.4. The smallest absolute Gasteiger partial charge is 0.255 e. The van der Waals surface area contributed by atoms with Gasteiger partial charge in [0.15, 0.2) is 0 Å². The lowest BCUT2D eigenvalue weighted by Crippen LogP contribution is -2.16. The molecule has 2 rings (SSSR count). The first-order valence-corrected chi connectivity index (χ1v) is 6.60. The van der Waals surface area contributed by atoms with E-state index in [1.54, 1.807) is 24.3 Å². The number of nitrogens with one attached hydrogen (secondary N) is 1. The molecule has 2 aromatic rings. The average molecular weight is 307 g/mol. The Balaban J connectivity index is 2.23. The zero-order valence-electron chi connectivity index (χ0n) is 10.9. The molecule has 0 aliphatic carbocycles. The molecular formula is C15H12ClFN2O2.